The van der Waals surface area contributed by atoms with Crippen molar-refractivity contribution in [3.63, 3.8) is 0 Å². The molecule has 2 amide bonds. The number of benzene rings is 1. The van der Waals surface area contributed by atoms with E-state index in [0.717, 1.165) is 31.7 Å². The van der Waals surface area contributed by atoms with Gasteiger partial charge in [-0.2, -0.15) is 4.31 Å². The molecule has 0 N–H and O–H groups in total. The minimum Gasteiger partial charge on any atom is -0.340 e. The summed E-state index contributed by atoms with van der Waals surface area (Å²) in [4.78, 5) is 31.3. The largest absolute Gasteiger partial charge is 0.340 e. The molecule has 32 heavy (non-hydrogen) atoms. The van der Waals surface area contributed by atoms with Gasteiger partial charge in [-0.15, -0.1) is 0 Å². The normalized spacial score (nSPS) is 21.1. The smallest absolute Gasteiger partial charge is 0.245 e. The van der Waals surface area contributed by atoms with Crippen molar-refractivity contribution in [3.8, 4) is 0 Å². The molecule has 0 spiro atoms. The minimum absolute atomic E-state index is 0.0704. The maximum Gasteiger partial charge on any atom is 0.245 e. The van der Waals surface area contributed by atoms with Gasteiger partial charge < -0.3 is 14.7 Å². The molecule has 4 rings (SSSR count). The van der Waals surface area contributed by atoms with Crippen LogP contribution in [0, 0.1) is 5.92 Å². The fraction of sp³-hybridized carbons (Fsp3) is 0.636. The van der Waals surface area contributed by atoms with Crippen molar-refractivity contribution < 1.29 is 18.0 Å². The van der Waals surface area contributed by atoms with Gasteiger partial charge >= 0.3 is 0 Å². The zero-order valence-electron chi connectivity index (χ0n) is 18.7. The van der Waals surface area contributed by atoms with E-state index in [0.29, 0.717) is 55.5 Å². The average Bonchev–Trinajstić information content (AvgIpc) is 3.21. The van der Waals surface area contributed by atoms with Gasteiger partial charge in [0.25, 0.3) is 0 Å². The van der Waals surface area contributed by atoms with Crippen LogP contribution >= 0.6 is 15.9 Å². The SMILES string of the molecule is CCC(=O)N1CCc2cc(Br)cc(S(=O)(=O)N3CCC(C(=O)N4CCN(C)CC4)CC3)c21. The predicted octanol–water partition coefficient (Wildman–Crippen LogP) is 1.92. The summed E-state index contributed by atoms with van der Waals surface area (Å²) in [6.45, 7) is 6.14. The monoisotopic (exact) mass is 526 g/mol. The second-order valence-electron chi connectivity index (χ2n) is 8.87. The number of sulfonamides is 1. The summed E-state index contributed by atoms with van der Waals surface area (Å²) in [5, 5.41) is 0. The van der Waals surface area contributed by atoms with Crippen molar-refractivity contribution in [3.05, 3.63) is 22.2 Å². The zero-order chi connectivity index (χ0) is 23.0. The van der Waals surface area contributed by atoms with Crippen LogP contribution in [-0.2, 0) is 26.0 Å². The number of piperazine rings is 1. The molecule has 0 bridgehead atoms. The van der Waals surface area contributed by atoms with Crippen LogP contribution in [0.25, 0.3) is 0 Å². The lowest BCUT2D eigenvalue weighted by molar-refractivity contribution is -0.138. The van der Waals surface area contributed by atoms with Gasteiger partial charge in [0.1, 0.15) is 4.90 Å². The molecule has 0 saturated carbocycles. The summed E-state index contributed by atoms with van der Waals surface area (Å²) in [5.74, 6) is -0.0477. The van der Waals surface area contributed by atoms with Crippen LogP contribution in [-0.4, -0.2) is 87.2 Å². The average molecular weight is 527 g/mol. The lowest BCUT2D eigenvalue weighted by atomic mass is 9.96. The first-order valence-corrected chi connectivity index (χ1v) is 13.6. The number of nitrogens with zero attached hydrogens (tertiary/aromatic N) is 4. The quantitative estimate of drug-likeness (QED) is 0.598. The molecule has 0 aromatic heterocycles. The number of piperidine rings is 1. The molecule has 3 heterocycles. The van der Waals surface area contributed by atoms with Crippen molar-refractivity contribution in [1.29, 1.82) is 0 Å². The van der Waals surface area contributed by atoms with Crippen molar-refractivity contribution in [2.45, 2.75) is 37.5 Å². The van der Waals surface area contributed by atoms with Gasteiger partial charge in [0, 0.05) is 62.6 Å². The second-order valence-corrected chi connectivity index (χ2v) is 11.7. The van der Waals surface area contributed by atoms with Gasteiger partial charge in [0.2, 0.25) is 21.8 Å². The molecular weight excluding hydrogens is 496 g/mol. The van der Waals surface area contributed by atoms with Crippen LogP contribution in [0.15, 0.2) is 21.5 Å². The maximum atomic E-state index is 13.6. The zero-order valence-corrected chi connectivity index (χ0v) is 21.1. The van der Waals surface area contributed by atoms with E-state index < -0.39 is 10.0 Å². The number of rotatable bonds is 4. The number of fused-ring (bicyclic) bond motifs is 1. The first kappa shape index (κ1) is 23.7. The highest BCUT2D eigenvalue weighted by Crippen LogP contribution is 2.39. The summed E-state index contributed by atoms with van der Waals surface area (Å²) in [6.07, 6.45) is 2.02. The van der Waals surface area contributed by atoms with Crippen molar-refractivity contribution in [2.75, 3.05) is 57.8 Å². The molecule has 0 radical (unpaired) electrons. The Kier molecular flexibility index (Phi) is 6.95. The fourth-order valence-corrected chi connectivity index (χ4v) is 7.26. The van der Waals surface area contributed by atoms with Crippen LogP contribution in [0.5, 0.6) is 0 Å². The van der Waals surface area contributed by atoms with Crippen molar-refractivity contribution in [1.82, 2.24) is 14.1 Å². The third kappa shape index (κ3) is 4.47. The Morgan fingerprint density at radius 3 is 2.31 bits per heavy atom. The van der Waals surface area contributed by atoms with Gasteiger partial charge in [-0.3, -0.25) is 9.59 Å². The summed E-state index contributed by atoms with van der Waals surface area (Å²) in [7, 11) is -1.73. The van der Waals surface area contributed by atoms with Crippen LogP contribution < -0.4 is 4.90 Å². The Morgan fingerprint density at radius 1 is 1.03 bits per heavy atom. The Bertz CT molecular complexity index is 999. The van der Waals surface area contributed by atoms with Gasteiger partial charge in [0.15, 0.2) is 0 Å². The number of carbonyl (C=O) groups is 2. The van der Waals surface area contributed by atoms with Gasteiger partial charge in [-0.25, -0.2) is 8.42 Å². The number of likely N-dealkylation sites (N-methyl/N-ethyl adjacent to an activating group) is 1. The third-order valence-electron chi connectivity index (χ3n) is 6.83. The third-order valence-corrected chi connectivity index (χ3v) is 9.20. The molecule has 2 fully saturated rings. The Hall–Kier alpha value is -1.49. The van der Waals surface area contributed by atoms with Crippen LogP contribution in [0.4, 0.5) is 5.69 Å². The molecule has 2 saturated heterocycles. The Balaban J connectivity index is 1.51. The lowest BCUT2D eigenvalue weighted by Gasteiger charge is -2.37. The first-order valence-electron chi connectivity index (χ1n) is 11.3. The molecule has 1 aromatic carbocycles. The van der Waals surface area contributed by atoms with E-state index in [1.807, 2.05) is 11.0 Å². The molecule has 0 unspecified atom stereocenters. The minimum atomic E-state index is -3.79. The molecule has 1 aromatic rings. The second kappa shape index (κ2) is 9.40. The first-order chi connectivity index (χ1) is 15.2. The van der Waals surface area contributed by atoms with E-state index in [1.54, 1.807) is 17.9 Å². The van der Waals surface area contributed by atoms with E-state index in [-0.39, 0.29) is 22.6 Å². The number of hydrogen-bond acceptors (Lipinski definition) is 5. The summed E-state index contributed by atoms with van der Waals surface area (Å²) in [6, 6.07) is 3.51. The number of anilines is 1. The Labute approximate surface area is 198 Å². The molecule has 3 aliphatic heterocycles. The van der Waals surface area contributed by atoms with Gasteiger partial charge in [0.05, 0.1) is 5.69 Å². The molecule has 10 heteroatoms. The topological polar surface area (TPSA) is 81.2 Å². The number of carbonyl (C=O) groups excluding carboxylic acids is 2. The Morgan fingerprint density at radius 2 is 1.69 bits per heavy atom. The molecular formula is C22H31BrN4O4S. The lowest BCUT2D eigenvalue weighted by Crippen LogP contribution is -2.51. The highest BCUT2D eigenvalue weighted by Gasteiger charge is 2.38. The molecule has 0 atom stereocenters. The molecule has 8 nitrogen and oxygen atoms in total. The van der Waals surface area contributed by atoms with Crippen LogP contribution in [0.3, 0.4) is 0 Å². The fourth-order valence-electron chi connectivity index (χ4n) is 4.87. The summed E-state index contributed by atoms with van der Waals surface area (Å²) in [5.41, 5.74) is 1.40. The maximum absolute atomic E-state index is 13.6. The summed E-state index contributed by atoms with van der Waals surface area (Å²) < 4.78 is 29.4. The summed E-state index contributed by atoms with van der Waals surface area (Å²) >= 11 is 3.44. The van der Waals surface area contributed by atoms with E-state index >= 15 is 0 Å². The standard InChI is InChI=1S/C22H31BrN4O4S/c1-3-20(28)27-9-6-17-14-18(23)15-19(21(17)27)32(30,31)26-7-4-16(5-8-26)22(29)25-12-10-24(2)11-13-25/h14-16H,3-13H2,1-2H3. The van der Waals surface area contributed by atoms with E-state index in [1.165, 1.54) is 4.31 Å². The van der Waals surface area contributed by atoms with Gasteiger partial charge in [-0.1, -0.05) is 22.9 Å². The van der Waals surface area contributed by atoms with Crippen molar-refractivity contribution >= 4 is 43.5 Å². The number of amides is 2. The number of hydrogen-bond donors (Lipinski definition) is 0. The van der Waals surface area contributed by atoms with Crippen LogP contribution in [0.1, 0.15) is 31.7 Å². The van der Waals surface area contributed by atoms with Crippen molar-refractivity contribution in [2.24, 2.45) is 5.92 Å². The van der Waals surface area contributed by atoms with E-state index in [9.17, 15) is 18.0 Å². The van der Waals surface area contributed by atoms with Crippen LogP contribution in [0.2, 0.25) is 0 Å². The molecule has 176 valence electrons. The highest BCUT2D eigenvalue weighted by atomic mass is 79.9. The molecule has 3 aliphatic rings. The van der Waals surface area contributed by atoms with E-state index in [2.05, 4.69) is 27.9 Å². The predicted molar refractivity (Wildman–Crippen MR) is 126 cm³/mol. The van der Waals surface area contributed by atoms with Gasteiger partial charge in [-0.05, 0) is 44.0 Å². The molecule has 0 aliphatic carbocycles. The number of halogens is 1. The van der Waals surface area contributed by atoms with E-state index in [4.69, 9.17) is 0 Å². The highest BCUT2D eigenvalue weighted by molar-refractivity contribution is 9.10.